The average molecular weight is 269 g/mol. The molecular formula is C12H17BrN2. The van der Waals surface area contributed by atoms with Crippen LogP contribution in [0.2, 0.25) is 0 Å². The molecule has 1 aliphatic rings. The van der Waals surface area contributed by atoms with E-state index in [9.17, 15) is 0 Å². The normalized spacial score (nSPS) is 17.5. The molecule has 0 amide bonds. The van der Waals surface area contributed by atoms with Crippen LogP contribution in [0.15, 0.2) is 22.7 Å². The van der Waals surface area contributed by atoms with Gasteiger partial charge in [-0.2, -0.15) is 0 Å². The molecule has 0 aromatic heterocycles. The van der Waals surface area contributed by atoms with Crippen molar-refractivity contribution in [1.82, 2.24) is 0 Å². The third-order valence-corrected chi connectivity index (χ3v) is 4.01. The standard InChI is InChI=1S/C12H17BrN2/c1-2-12(5-6-12)8-15-11-4-3-9(14)7-10(11)13/h3-4,7,15H,2,5-6,8,14H2,1H3. The van der Waals surface area contributed by atoms with Gasteiger partial charge < -0.3 is 11.1 Å². The quantitative estimate of drug-likeness (QED) is 0.819. The van der Waals surface area contributed by atoms with Gasteiger partial charge in [0.05, 0.1) is 0 Å². The van der Waals surface area contributed by atoms with Gasteiger partial charge >= 0.3 is 0 Å². The van der Waals surface area contributed by atoms with E-state index in [-0.39, 0.29) is 0 Å². The third kappa shape index (κ3) is 2.46. The Labute approximate surface area is 99.4 Å². The van der Waals surface area contributed by atoms with E-state index in [0.717, 1.165) is 22.4 Å². The Morgan fingerprint density at radius 2 is 2.20 bits per heavy atom. The van der Waals surface area contributed by atoms with Gasteiger partial charge in [-0.1, -0.05) is 6.92 Å². The van der Waals surface area contributed by atoms with Crippen molar-refractivity contribution >= 4 is 27.3 Å². The molecule has 0 bridgehead atoms. The lowest BCUT2D eigenvalue weighted by atomic mass is 10.0. The van der Waals surface area contributed by atoms with Gasteiger partial charge in [-0.25, -0.2) is 0 Å². The molecule has 0 saturated heterocycles. The molecule has 0 atom stereocenters. The predicted octanol–water partition coefficient (Wildman–Crippen LogP) is 3.63. The van der Waals surface area contributed by atoms with Crippen LogP contribution in [0.1, 0.15) is 26.2 Å². The van der Waals surface area contributed by atoms with Crippen LogP contribution >= 0.6 is 15.9 Å². The molecule has 1 aromatic carbocycles. The van der Waals surface area contributed by atoms with Crippen molar-refractivity contribution in [2.45, 2.75) is 26.2 Å². The molecule has 3 N–H and O–H groups in total. The first-order valence-corrected chi connectivity index (χ1v) is 6.23. The lowest BCUT2D eigenvalue weighted by Gasteiger charge is -2.15. The Balaban J connectivity index is 1.99. The average Bonchev–Trinajstić information content (AvgIpc) is 2.97. The summed E-state index contributed by atoms with van der Waals surface area (Å²) in [7, 11) is 0. The molecule has 0 unspecified atom stereocenters. The molecule has 1 aromatic rings. The predicted molar refractivity (Wildman–Crippen MR) is 69.0 cm³/mol. The van der Waals surface area contributed by atoms with Crippen molar-refractivity contribution in [2.24, 2.45) is 5.41 Å². The smallest absolute Gasteiger partial charge is 0.0486 e. The van der Waals surface area contributed by atoms with E-state index in [1.54, 1.807) is 0 Å². The summed E-state index contributed by atoms with van der Waals surface area (Å²) in [4.78, 5) is 0. The molecule has 0 radical (unpaired) electrons. The molecule has 0 spiro atoms. The topological polar surface area (TPSA) is 38.0 Å². The summed E-state index contributed by atoms with van der Waals surface area (Å²) in [5.41, 5.74) is 8.20. The second-order valence-corrected chi connectivity index (χ2v) is 5.30. The number of nitrogen functional groups attached to an aromatic ring is 1. The van der Waals surface area contributed by atoms with Gasteiger partial charge in [0.2, 0.25) is 0 Å². The minimum absolute atomic E-state index is 0.570. The van der Waals surface area contributed by atoms with Gasteiger partial charge in [0.25, 0.3) is 0 Å². The molecule has 1 aliphatic carbocycles. The van der Waals surface area contributed by atoms with Gasteiger partial charge in [0.15, 0.2) is 0 Å². The van der Waals surface area contributed by atoms with E-state index in [1.807, 2.05) is 18.2 Å². The fourth-order valence-corrected chi connectivity index (χ4v) is 2.33. The number of benzene rings is 1. The van der Waals surface area contributed by atoms with Crippen LogP contribution in [0.25, 0.3) is 0 Å². The summed E-state index contributed by atoms with van der Waals surface area (Å²) in [6.07, 6.45) is 4.00. The molecule has 1 saturated carbocycles. The summed E-state index contributed by atoms with van der Waals surface area (Å²) < 4.78 is 1.05. The van der Waals surface area contributed by atoms with Crippen LogP contribution in [0.4, 0.5) is 11.4 Å². The number of hydrogen-bond acceptors (Lipinski definition) is 2. The Morgan fingerprint density at radius 1 is 1.47 bits per heavy atom. The Morgan fingerprint density at radius 3 is 2.73 bits per heavy atom. The molecule has 0 heterocycles. The van der Waals surface area contributed by atoms with Gasteiger partial charge in [0, 0.05) is 22.4 Å². The summed E-state index contributed by atoms with van der Waals surface area (Å²) >= 11 is 3.51. The van der Waals surface area contributed by atoms with E-state index in [4.69, 9.17) is 5.73 Å². The van der Waals surface area contributed by atoms with E-state index >= 15 is 0 Å². The Hall–Kier alpha value is -0.700. The number of nitrogens with one attached hydrogen (secondary N) is 1. The number of anilines is 2. The third-order valence-electron chi connectivity index (χ3n) is 3.35. The van der Waals surface area contributed by atoms with E-state index in [0.29, 0.717) is 5.41 Å². The zero-order valence-corrected chi connectivity index (χ0v) is 10.6. The zero-order valence-electron chi connectivity index (χ0n) is 9.02. The van der Waals surface area contributed by atoms with Gasteiger partial charge in [-0.05, 0) is 58.8 Å². The molecule has 2 nitrogen and oxygen atoms in total. The minimum Gasteiger partial charge on any atom is -0.399 e. The van der Waals surface area contributed by atoms with Gasteiger partial charge in [-0.15, -0.1) is 0 Å². The van der Waals surface area contributed by atoms with Crippen LogP contribution < -0.4 is 11.1 Å². The van der Waals surface area contributed by atoms with E-state index in [2.05, 4.69) is 28.2 Å². The largest absolute Gasteiger partial charge is 0.399 e. The molecule has 0 aliphatic heterocycles. The maximum atomic E-state index is 5.69. The van der Waals surface area contributed by atoms with E-state index < -0.39 is 0 Å². The molecule has 82 valence electrons. The van der Waals surface area contributed by atoms with Crippen LogP contribution in [0.3, 0.4) is 0 Å². The summed E-state index contributed by atoms with van der Waals surface area (Å²) in [6.45, 7) is 3.35. The zero-order chi connectivity index (χ0) is 10.9. The van der Waals surface area contributed by atoms with Crippen molar-refractivity contribution in [2.75, 3.05) is 17.6 Å². The molecule has 15 heavy (non-hydrogen) atoms. The van der Waals surface area contributed by atoms with E-state index in [1.165, 1.54) is 19.3 Å². The van der Waals surface area contributed by atoms with Crippen molar-refractivity contribution in [3.8, 4) is 0 Å². The van der Waals surface area contributed by atoms with Crippen LogP contribution in [0, 0.1) is 5.41 Å². The fraction of sp³-hybridized carbons (Fsp3) is 0.500. The lowest BCUT2D eigenvalue weighted by Crippen LogP contribution is -2.14. The minimum atomic E-state index is 0.570. The van der Waals surface area contributed by atoms with Crippen molar-refractivity contribution in [3.05, 3.63) is 22.7 Å². The highest BCUT2D eigenvalue weighted by Crippen LogP contribution is 2.48. The highest BCUT2D eigenvalue weighted by Gasteiger charge is 2.40. The second-order valence-electron chi connectivity index (χ2n) is 4.45. The highest BCUT2D eigenvalue weighted by molar-refractivity contribution is 9.10. The van der Waals surface area contributed by atoms with Crippen LogP contribution in [-0.4, -0.2) is 6.54 Å². The summed E-state index contributed by atoms with van der Waals surface area (Å²) in [5, 5.41) is 3.49. The monoisotopic (exact) mass is 268 g/mol. The molecule has 1 fully saturated rings. The number of halogens is 1. The number of hydrogen-bond donors (Lipinski definition) is 2. The van der Waals surface area contributed by atoms with Gasteiger partial charge in [-0.3, -0.25) is 0 Å². The molecule has 2 rings (SSSR count). The van der Waals surface area contributed by atoms with Crippen LogP contribution in [-0.2, 0) is 0 Å². The molecular weight excluding hydrogens is 252 g/mol. The number of rotatable bonds is 4. The molecule has 3 heteroatoms. The number of nitrogens with two attached hydrogens (primary N) is 1. The first-order chi connectivity index (χ1) is 7.15. The van der Waals surface area contributed by atoms with Crippen LogP contribution in [0.5, 0.6) is 0 Å². The Bertz CT molecular complexity index is 359. The second kappa shape index (κ2) is 4.05. The first-order valence-electron chi connectivity index (χ1n) is 5.44. The highest BCUT2D eigenvalue weighted by atomic mass is 79.9. The maximum absolute atomic E-state index is 5.69. The lowest BCUT2D eigenvalue weighted by molar-refractivity contribution is 0.521. The SMILES string of the molecule is CCC1(CNc2ccc(N)cc2Br)CC1. The first kappa shape index (κ1) is 10.8. The van der Waals surface area contributed by atoms with Crippen molar-refractivity contribution in [1.29, 1.82) is 0 Å². The maximum Gasteiger partial charge on any atom is 0.0486 e. The Kier molecular flexibility index (Phi) is 2.91. The summed E-state index contributed by atoms with van der Waals surface area (Å²) in [5.74, 6) is 0. The van der Waals surface area contributed by atoms with Gasteiger partial charge in [0.1, 0.15) is 0 Å². The fourth-order valence-electron chi connectivity index (χ4n) is 1.79. The summed E-state index contributed by atoms with van der Waals surface area (Å²) in [6, 6.07) is 5.90. The van der Waals surface area contributed by atoms with Crippen molar-refractivity contribution < 1.29 is 0 Å². The van der Waals surface area contributed by atoms with Crippen molar-refractivity contribution in [3.63, 3.8) is 0 Å².